The van der Waals surface area contributed by atoms with Gasteiger partial charge in [-0.15, -0.1) is 0 Å². The maximum absolute atomic E-state index is 11.2. The fraction of sp³-hybridized carbons (Fsp3) is 0.833. The lowest BCUT2D eigenvalue weighted by molar-refractivity contribution is -0.116. The number of halogens is 1. The number of nitrogens with zero attached hydrogens (tertiary/aromatic N) is 2. The van der Waals surface area contributed by atoms with Gasteiger partial charge < -0.3 is 0 Å². The van der Waals surface area contributed by atoms with Gasteiger partial charge in [-0.3, -0.25) is 8.98 Å². The zero-order valence-electron chi connectivity index (χ0n) is 9.73. The van der Waals surface area contributed by atoms with Gasteiger partial charge >= 0.3 is 10.3 Å². The van der Waals surface area contributed by atoms with Crippen LogP contribution in [0.2, 0.25) is 0 Å². The Labute approximate surface area is 104 Å². The first-order chi connectivity index (χ1) is 7.62. The molecular formula is C6H10IN3O4S. The van der Waals surface area contributed by atoms with E-state index in [-0.39, 0.29) is 4.43 Å². The minimum absolute atomic E-state index is 0.0460. The normalized spacial score (nSPS) is 20.4. The maximum atomic E-state index is 11.2. The third-order valence-corrected chi connectivity index (χ3v) is 2.98. The summed E-state index contributed by atoms with van der Waals surface area (Å²) < 4.78 is 43.4. The van der Waals surface area contributed by atoms with Crippen LogP contribution in [0.3, 0.4) is 0 Å². The second-order valence-electron chi connectivity index (χ2n) is 2.77. The Kier molecular flexibility index (Phi) is 3.10. The van der Waals surface area contributed by atoms with Crippen molar-refractivity contribution in [3.05, 3.63) is 0 Å². The van der Waals surface area contributed by atoms with Crippen molar-refractivity contribution < 1.29 is 20.1 Å². The predicted molar refractivity (Wildman–Crippen MR) is 59.8 cm³/mol. The van der Waals surface area contributed by atoms with Crippen LogP contribution in [0.4, 0.5) is 0 Å². The number of nitrogens with one attached hydrogen (secondary N) is 1. The molecule has 86 valence electrons. The van der Waals surface area contributed by atoms with Crippen LogP contribution in [0.15, 0.2) is 10.2 Å². The van der Waals surface area contributed by atoms with Crippen LogP contribution in [-0.4, -0.2) is 31.0 Å². The van der Waals surface area contributed by atoms with Crippen LogP contribution < -0.4 is 4.72 Å². The molecule has 0 saturated heterocycles. The Hall–Kier alpha value is -0.290. The molecule has 0 saturated carbocycles. The number of carbonyl (C=O) groups is 1. The standard InChI is InChI=1S/C6H10IN3O4S/c1-6(9-10-6)2-3-14-15(12,13)8-5(11)4-7/h2-4H2,1H3,(H,8,11)/i2D2. The van der Waals surface area contributed by atoms with Gasteiger partial charge in [-0.05, 0) is 6.92 Å². The quantitative estimate of drug-likeness (QED) is 0.553. The molecule has 1 N–H and O–H groups in total. The zero-order chi connectivity index (χ0) is 13.3. The number of carbonyl (C=O) groups excluding carboxylic acids is 1. The largest absolute Gasteiger partial charge is 0.362 e. The maximum Gasteiger partial charge on any atom is 0.362 e. The number of hydrogen-bond acceptors (Lipinski definition) is 6. The smallest absolute Gasteiger partial charge is 0.273 e. The third-order valence-electron chi connectivity index (χ3n) is 1.38. The highest BCUT2D eigenvalue weighted by Gasteiger charge is 2.33. The van der Waals surface area contributed by atoms with E-state index in [9.17, 15) is 13.2 Å². The summed E-state index contributed by atoms with van der Waals surface area (Å²) in [5.41, 5.74) is -1.27. The summed E-state index contributed by atoms with van der Waals surface area (Å²) in [5.74, 6) is -0.738. The van der Waals surface area contributed by atoms with E-state index in [1.807, 2.05) is 0 Å². The molecule has 1 aliphatic heterocycles. The summed E-state index contributed by atoms with van der Waals surface area (Å²) in [4.78, 5) is 10.9. The highest BCUT2D eigenvalue weighted by atomic mass is 127. The minimum atomic E-state index is -4.29. The van der Waals surface area contributed by atoms with Crippen molar-refractivity contribution in [2.75, 3.05) is 11.0 Å². The van der Waals surface area contributed by atoms with Gasteiger partial charge in [0.2, 0.25) is 5.91 Å². The van der Waals surface area contributed by atoms with Gasteiger partial charge in [-0.2, -0.15) is 18.6 Å². The zero-order valence-corrected chi connectivity index (χ0v) is 10.7. The Morgan fingerprint density at radius 2 is 2.27 bits per heavy atom. The van der Waals surface area contributed by atoms with E-state index in [0.717, 1.165) is 0 Å². The Morgan fingerprint density at radius 1 is 1.67 bits per heavy atom. The van der Waals surface area contributed by atoms with Crippen molar-refractivity contribution in [3.63, 3.8) is 0 Å². The number of alkyl halides is 1. The van der Waals surface area contributed by atoms with Crippen LogP contribution >= 0.6 is 22.6 Å². The molecule has 0 atom stereocenters. The van der Waals surface area contributed by atoms with Crippen LogP contribution in [0.5, 0.6) is 0 Å². The summed E-state index contributed by atoms with van der Waals surface area (Å²) in [6, 6.07) is 0. The molecule has 0 radical (unpaired) electrons. The lowest BCUT2D eigenvalue weighted by atomic mass is 10.2. The second kappa shape index (κ2) is 4.70. The molecule has 1 heterocycles. The third kappa shape index (κ3) is 4.84. The molecular weight excluding hydrogens is 337 g/mol. The number of hydrogen-bond donors (Lipinski definition) is 1. The van der Waals surface area contributed by atoms with Gasteiger partial charge in [-0.1, -0.05) is 22.6 Å². The van der Waals surface area contributed by atoms with Crippen LogP contribution in [0.1, 0.15) is 16.0 Å². The molecule has 7 nitrogen and oxygen atoms in total. The van der Waals surface area contributed by atoms with Crippen molar-refractivity contribution in [1.82, 2.24) is 4.72 Å². The van der Waals surface area contributed by atoms with Crippen molar-refractivity contribution in [2.45, 2.75) is 19.0 Å². The van der Waals surface area contributed by atoms with Crippen molar-refractivity contribution in [2.24, 2.45) is 10.2 Å². The average Bonchev–Trinajstić information content (AvgIpc) is 2.95. The van der Waals surface area contributed by atoms with Gasteiger partial charge in [0.15, 0.2) is 5.66 Å². The fourth-order valence-electron chi connectivity index (χ4n) is 0.586. The molecule has 0 aromatic carbocycles. The van der Waals surface area contributed by atoms with Crippen molar-refractivity contribution in [3.8, 4) is 0 Å². The fourth-order valence-corrected chi connectivity index (χ4v) is 1.66. The SMILES string of the molecule is [2H]C([2H])(COS(=O)(=O)NC(=O)CI)C1(C)N=N1. The van der Waals surface area contributed by atoms with E-state index in [2.05, 4.69) is 14.4 Å². The summed E-state index contributed by atoms with van der Waals surface area (Å²) in [6.07, 6.45) is -2.05. The second-order valence-corrected chi connectivity index (χ2v) is 4.88. The Balaban J connectivity index is 2.53. The lowest BCUT2D eigenvalue weighted by Gasteiger charge is -2.06. The lowest BCUT2D eigenvalue weighted by Crippen LogP contribution is -2.33. The first kappa shape index (κ1) is 9.90. The molecule has 0 aliphatic carbocycles. The van der Waals surface area contributed by atoms with Crippen LogP contribution in [-0.2, 0) is 19.3 Å². The average molecular weight is 349 g/mol. The predicted octanol–water partition coefficient (Wildman–Crippen LogP) is 0.371. The molecule has 9 heteroatoms. The van der Waals surface area contributed by atoms with Crippen LogP contribution in [0, 0.1) is 0 Å². The molecule has 0 spiro atoms. The number of rotatable bonds is 6. The van der Waals surface area contributed by atoms with Gasteiger partial charge in [0.05, 0.1) is 11.0 Å². The highest BCUT2D eigenvalue weighted by molar-refractivity contribution is 14.1. The summed E-state index contributed by atoms with van der Waals surface area (Å²) >= 11 is 1.68. The molecule has 1 amide bonds. The molecule has 15 heavy (non-hydrogen) atoms. The van der Waals surface area contributed by atoms with Crippen LogP contribution in [0.25, 0.3) is 0 Å². The summed E-state index contributed by atoms with van der Waals surface area (Å²) in [5, 5.41) is 6.94. The van der Waals surface area contributed by atoms with Crippen molar-refractivity contribution >= 4 is 38.8 Å². The van der Waals surface area contributed by atoms with Gasteiger partial charge in [0.25, 0.3) is 0 Å². The van der Waals surface area contributed by atoms with Gasteiger partial charge in [0, 0.05) is 9.11 Å². The molecule has 1 aliphatic rings. The van der Waals surface area contributed by atoms with E-state index in [4.69, 9.17) is 2.74 Å². The topological polar surface area (TPSA) is 97.2 Å². The van der Waals surface area contributed by atoms with E-state index in [0.29, 0.717) is 0 Å². The van der Waals surface area contributed by atoms with E-state index in [1.165, 1.54) is 6.92 Å². The molecule has 0 aromatic heterocycles. The first-order valence-corrected chi connectivity index (χ1v) is 6.75. The molecule has 0 bridgehead atoms. The monoisotopic (exact) mass is 349 g/mol. The highest BCUT2D eigenvalue weighted by Crippen LogP contribution is 2.30. The minimum Gasteiger partial charge on any atom is -0.273 e. The van der Waals surface area contributed by atoms with Crippen molar-refractivity contribution in [1.29, 1.82) is 0 Å². The Morgan fingerprint density at radius 3 is 2.73 bits per heavy atom. The molecule has 0 unspecified atom stereocenters. The molecule has 1 rings (SSSR count). The van der Waals surface area contributed by atoms with Gasteiger partial charge in [0.1, 0.15) is 0 Å². The van der Waals surface area contributed by atoms with E-state index in [1.54, 1.807) is 27.3 Å². The molecule has 0 aromatic rings. The van der Waals surface area contributed by atoms with Gasteiger partial charge in [-0.25, -0.2) is 4.72 Å². The summed E-state index contributed by atoms with van der Waals surface area (Å²) in [7, 11) is -4.29. The molecule has 0 fully saturated rings. The first-order valence-electron chi connectivity index (χ1n) is 4.82. The Bertz CT molecular complexity index is 446. The number of amides is 1. The van der Waals surface area contributed by atoms with E-state index < -0.39 is 34.9 Å². The van der Waals surface area contributed by atoms with E-state index >= 15 is 0 Å². The summed E-state index contributed by atoms with van der Waals surface area (Å²) in [6.45, 7) is 0.646.